The van der Waals surface area contributed by atoms with Crippen LogP contribution in [0, 0.1) is 0 Å². The summed E-state index contributed by atoms with van der Waals surface area (Å²) in [6.45, 7) is 0.241. The summed E-state index contributed by atoms with van der Waals surface area (Å²) in [4.78, 5) is 0. The van der Waals surface area contributed by atoms with Crippen molar-refractivity contribution in [3.63, 3.8) is 0 Å². The predicted octanol–water partition coefficient (Wildman–Crippen LogP) is -0.762. The van der Waals surface area contributed by atoms with Crippen LogP contribution in [0.4, 0.5) is 0 Å². The van der Waals surface area contributed by atoms with E-state index in [1.807, 2.05) is 0 Å². The summed E-state index contributed by atoms with van der Waals surface area (Å²) in [5, 5.41) is 0. The second kappa shape index (κ2) is 13.5. The van der Waals surface area contributed by atoms with Gasteiger partial charge in [0.05, 0.1) is 19.3 Å². The highest BCUT2D eigenvalue weighted by Crippen LogP contribution is 2.03. The van der Waals surface area contributed by atoms with E-state index in [2.05, 4.69) is 0 Å². The Hall–Kier alpha value is -0.165. The van der Waals surface area contributed by atoms with Crippen LogP contribution in [0.1, 0.15) is 0 Å². The lowest BCUT2D eigenvalue weighted by atomic mass is 10.2. The van der Waals surface area contributed by atoms with Crippen molar-refractivity contribution in [2.45, 2.75) is 6.10 Å². The molecule has 0 unspecified atom stereocenters. The Balaban J connectivity index is 4.38. The molecule has 12 heteroatoms. The summed E-state index contributed by atoms with van der Waals surface area (Å²) in [6.07, 6.45) is -0.518. The van der Waals surface area contributed by atoms with Crippen LogP contribution >= 0.6 is 0 Å². The molecule has 0 spiro atoms. The molecule has 0 aromatic rings. The standard InChI is InChI=1S/C9H23B3O9/c1-13-10(14-2)19-7-9(21-12(17-5)18-6)8-20-11(15-3)16-4/h9H,7-8H2,1-6H3. The monoisotopic (exact) mass is 308 g/mol. The predicted molar refractivity (Wildman–Crippen MR) is 76.1 cm³/mol. The van der Waals surface area contributed by atoms with Crippen molar-refractivity contribution in [1.82, 2.24) is 0 Å². The summed E-state index contributed by atoms with van der Waals surface area (Å²) in [7, 11) is 6.27. The van der Waals surface area contributed by atoms with Crippen LogP contribution in [0.2, 0.25) is 0 Å². The Morgan fingerprint density at radius 1 is 0.571 bits per heavy atom. The van der Waals surface area contributed by atoms with E-state index in [-0.39, 0.29) is 13.2 Å². The maximum Gasteiger partial charge on any atom is 0.639 e. The SMILES string of the molecule is COB(OC)OCC(COB(OC)OC)OB(OC)OC. The Labute approximate surface area is 126 Å². The van der Waals surface area contributed by atoms with Crippen molar-refractivity contribution in [3.8, 4) is 0 Å². The van der Waals surface area contributed by atoms with Crippen LogP contribution in [0.3, 0.4) is 0 Å². The molecule has 0 aliphatic carbocycles. The van der Waals surface area contributed by atoms with Crippen LogP contribution in [0.25, 0.3) is 0 Å². The first-order chi connectivity index (χ1) is 10.1. The fourth-order valence-electron chi connectivity index (χ4n) is 1.33. The Kier molecular flexibility index (Phi) is 13.4. The smallest absolute Gasteiger partial charge is 0.389 e. The van der Waals surface area contributed by atoms with Gasteiger partial charge in [0, 0.05) is 42.7 Å². The van der Waals surface area contributed by atoms with Gasteiger partial charge in [0.2, 0.25) is 0 Å². The van der Waals surface area contributed by atoms with Gasteiger partial charge in [0.1, 0.15) is 0 Å². The first-order valence-electron chi connectivity index (χ1n) is 6.20. The Morgan fingerprint density at radius 2 is 0.905 bits per heavy atom. The first kappa shape index (κ1) is 20.8. The molecule has 0 aromatic carbocycles. The maximum atomic E-state index is 5.51. The normalized spacial score (nSPS) is 11.0. The van der Waals surface area contributed by atoms with Gasteiger partial charge in [-0.2, -0.15) is 0 Å². The van der Waals surface area contributed by atoms with Crippen molar-refractivity contribution < 1.29 is 41.9 Å². The molecule has 0 aliphatic heterocycles. The highest BCUT2D eigenvalue weighted by Gasteiger charge is 2.28. The fourth-order valence-corrected chi connectivity index (χ4v) is 1.33. The third-order valence-corrected chi connectivity index (χ3v) is 2.29. The number of rotatable bonds is 14. The third kappa shape index (κ3) is 9.45. The Morgan fingerprint density at radius 3 is 1.19 bits per heavy atom. The van der Waals surface area contributed by atoms with Gasteiger partial charge in [-0.25, -0.2) is 0 Å². The van der Waals surface area contributed by atoms with Crippen molar-refractivity contribution in [2.24, 2.45) is 0 Å². The van der Waals surface area contributed by atoms with Gasteiger partial charge in [0.15, 0.2) is 0 Å². The van der Waals surface area contributed by atoms with Crippen molar-refractivity contribution in [3.05, 3.63) is 0 Å². The van der Waals surface area contributed by atoms with Crippen LogP contribution in [-0.2, 0) is 41.9 Å². The van der Waals surface area contributed by atoms with Crippen LogP contribution in [-0.4, -0.2) is 83.9 Å². The zero-order valence-electron chi connectivity index (χ0n) is 13.4. The molecule has 0 aromatic heterocycles. The fraction of sp³-hybridized carbons (Fsp3) is 1.00. The third-order valence-electron chi connectivity index (χ3n) is 2.29. The minimum absolute atomic E-state index is 0.121. The Bertz CT molecular complexity index is 211. The van der Waals surface area contributed by atoms with Gasteiger partial charge >= 0.3 is 22.0 Å². The molecule has 0 heterocycles. The van der Waals surface area contributed by atoms with Crippen molar-refractivity contribution in [2.75, 3.05) is 55.9 Å². The molecular formula is C9H23B3O9. The van der Waals surface area contributed by atoms with Crippen LogP contribution in [0.15, 0.2) is 0 Å². The molecule has 0 saturated carbocycles. The molecule has 0 rings (SSSR count). The molecule has 0 fully saturated rings. The average Bonchev–Trinajstić information content (AvgIpc) is 2.53. The number of hydrogen-bond donors (Lipinski definition) is 0. The zero-order valence-corrected chi connectivity index (χ0v) is 13.4. The van der Waals surface area contributed by atoms with Gasteiger partial charge in [-0.3, -0.25) is 0 Å². The van der Waals surface area contributed by atoms with Crippen molar-refractivity contribution in [1.29, 1.82) is 0 Å². The summed E-state index contributed by atoms with van der Waals surface area (Å²) in [5.41, 5.74) is 0. The lowest BCUT2D eigenvalue weighted by Crippen LogP contribution is -2.40. The largest absolute Gasteiger partial charge is 0.639 e. The van der Waals surface area contributed by atoms with Gasteiger partial charge in [0.25, 0.3) is 0 Å². The first-order valence-corrected chi connectivity index (χ1v) is 6.20. The van der Waals surface area contributed by atoms with E-state index >= 15 is 0 Å². The minimum Gasteiger partial charge on any atom is -0.389 e. The molecule has 122 valence electrons. The molecule has 0 atom stereocenters. The summed E-state index contributed by atoms with van der Waals surface area (Å²) >= 11 is 0. The van der Waals surface area contributed by atoms with E-state index in [4.69, 9.17) is 41.9 Å². The van der Waals surface area contributed by atoms with E-state index in [1.165, 1.54) is 42.7 Å². The summed E-state index contributed by atoms with van der Waals surface area (Å²) < 4.78 is 45.8. The molecule has 0 saturated heterocycles. The van der Waals surface area contributed by atoms with E-state index < -0.39 is 28.1 Å². The topological polar surface area (TPSA) is 83.1 Å². The van der Waals surface area contributed by atoms with Crippen LogP contribution < -0.4 is 0 Å². The molecule has 0 bridgehead atoms. The maximum absolute atomic E-state index is 5.51. The molecule has 0 aliphatic rings. The molecule has 21 heavy (non-hydrogen) atoms. The summed E-state index contributed by atoms with van der Waals surface area (Å²) in [5.74, 6) is 0. The average molecular weight is 308 g/mol. The van der Waals surface area contributed by atoms with E-state index in [0.29, 0.717) is 0 Å². The molecular weight excluding hydrogens is 285 g/mol. The van der Waals surface area contributed by atoms with Crippen LogP contribution in [0.5, 0.6) is 0 Å². The van der Waals surface area contributed by atoms with Gasteiger partial charge in [-0.1, -0.05) is 0 Å². The highest BCUT2D eigenvalue weighted by molar-refractivity contribution is 6.37. The minimum atomic E-state index is -0.853. The lowest BCUT2D eigenvalue weighted by molar-refractivity contribution is -0.000752. The molecule has 0 radical (unpaired) electrons. The lowest BCUT2D eigenvalue weighted by Gasteiger charge is -2.22. The second-order valence-electron chi connectivity index (χ2n) is 3.70. The zero-order chi connectivity index (χ0) is 16.1. The van der Waals surface area contributed by atoms with Crippen molar-refractivity contribution >= 4 is 22.0 Å². The highest BCUT2D eigenvalue weighted by atomic mass is 16.8. The quantitative estimate of drug-likeness (QED) is 0.384. The summed E-state index contributed by atoms with van der Waals surface area (Å²) in [6, 6.07) is 0. The van der Waals surface area contributed by atoms with Gasteiger partial charge in [-0.15, -0.1) is 0 Å². The van der Waals surface area contributed by atoms with E-state index in [0.717, 1.165) is 0 Å². The van der Waals surface area contributed by atoms with E-state index in [1.54, 1.807) is 0 Å². The second-order valence-corrected chi connectivity index (χ2v) is 3.70. The van der Waals surface area contributed by atoms with Gasteiger partial charge < -0.3 is 41.9 Å². The van der Waals surface area contributed by atoms with Gasteiger partial charge in [-0.05, 0) is 0 Å². The molecule has 0 N–H and O–H groups in total. The molecule has 0 amide bonds. The molecule has 9 nitrogen and oxygen atoms in total. The van der Waals surface area contributed by atoms with E-state index in [9.17, 15) is 0 Å². The number of hydrogen-bond acceptors (Lipinski definition) is 9.